The number of pyridine rings is 1. The highest BCUT2D eigenvalue weighted by molar-refractivity contribution is 5.94. The van der Waals surface area contributed by atoms with E-state index in [0.717, 1.165) is 16.7 Å². The van der Waals surface area contributed by atoms with Gasteiger partial charge in [-0.3, -0.25) is 9.78 Å². The molecular weight excluding hydrogens is 303 g/mol. The SMILES string of the molecule is C[C@@H](NC(=O)c1ccc(-c2ccncc2)cc1)c1ccc(F)cc1. The van der Waals surface area contributed by atoms with Gasteiger partial charge in [0.05, 0.1) is 6.04 Å². The maximum atomic E-state index is 13.0. The fourth-order valence-corrected chi connectivity index (χ4v) is 2.47. The lowest BCUT2D eigenvalue weighted by molar-refractivity contribution is 0.0940. The third-order valence-corrected chi connectivity index (χ3v) is 3.88. The highest BCUT2D eigenvalue weighted by atomic mass is 19.1. The predicted octanol–water partition coefficient (Wildman–Crippen LogP) is 4.38. The Balaban J connectivity index is 1.70. The van der Waals surface area contributed by atoms with E-state index in [1.54, 1.807) is 36.7 Å². The molecule has 0 aliphatic carbocycles. The summed E-state index contributed by atoms with van der Waals surface area (Å²) in [4.78, 5) is 16.3. The maximum Gasteiger partial charge on any atom is 0.251 e. The molecule has 1 N–H and O–H groups in total. The van der Waals surface area contributed by atoms with Crippen LogP contribution in [0.5, 0.6) is 0 Å². The highest BCUT2D eigenvalue weighted by Crippen LogP contribution is 2.19. The molecule has 0 aliphatic heterocycles. The molecule has 4 heteroatoms. The van der Waals surface area contributed by atoms with Crippen molar-refractivity contribution in [3.05, 3.63) is 90.0 Å². The Labute approximate surface area is 140 Å². The molecule has 1 aromatic heterocycles. The van der Waals surface area contributed by atoms with Crippen LogP contribution >= 0.6 is 0 Å². The van der Waals surface area contributed by atoms with Gasteiger partial charge in [-0.05, 0) is 60.0 Å². The first-order valence-corrected chi connectivity index (χ1v) is 7.70. The van der Waals surface area contributed by atoms with Crippen molar-refractivity contribution in [2.45, 2.75) is 13.0 Å². The number of hydrogen-bond acceptors (Lipinski definition) is 2. The van der Waals surface area contributed by atoms with Gasteiger partial charge in [0.1, 0.15) is 5.82 Å². The van der Waals surface area contributed by atoms with E-state index >= 15 is 0 Å². The summed E-state index contributed by atoms with van der Waals surface area (Å²) in [6.45, 7) is 1.87. The number of rotatable bonds is 4. The van der Waals surface area contributed by atoms with Crippen LogP contribution in [0.4, 0.5) is 4.39 Å². The van der Waals surface area contributed by atoms with Gasteiger partial charge in [-0.2, -0.15) is 0 Å². The first-order valence-electron chi connectivity index (χ1n) is 7.70. The number of nitrogens with zero attached hydrogens (tertiary/aromatic N) is 1. The summed E-state index contributed by atoms with van der Waals surface area (Å²) in [5, 5.41) is 2.92. The minimum atomic E-state index is -0.288. The Morgan fingerprint density at radius 1 is 0.917 bits per heavy atom. The molecule has 0 saturated carbocycles. The fourth-order valence-electron chi connectivity index (χ4n) is 2.47. The van der Waals surface area contributed by atoms with Crippen molar-refractivity contribution in [2.24, 2.45) is 0 Å². The van der Waals surface area contributed by atoms with Gasteiger partial charge >= 0.3 is 0 Å². The average molecular weight is 320 g/mol. The Kier molecular flexibility index (Phi) is 4.66. The van der Waals surface area contributed by atoms with Crippen molar-refractivity contribution in [3.63, 3.8) is 0 Å². The number of hydrogen-bond donors (Lipinski definition) is 1. The topological polar surface area (TPSA) is 42.0 Å². The van der Waals surface area contributed by atoms with Crippen LogP contribution in [-0.4, -0.2) is 10.9 Å². The largest absolute Gasteiger partial charge is 0.346 e. The molecule has 3 nitrogen and oxygen atoms in total. The predicted molar refractivity (Wildman–Crippen MR) is 92.0 cm³/mol. The molecule has 3 rings (SSSR count). The summed E-state index contributed by atoms with van der Waals surface area (Å²) in [6.07, 6.45) is 3.47. The number of aromatic nitrogens is 1. The summed E-state index contributed by atoms with van der Waals surface area (Å²) in [5.74, 6) is -0.447. The number of carbonyl (C=O) groups is 1. The second-order valence-electron chi connectivity index (χ2n) is 5.56. The normalized spacial score (nSPS) is 11.8. The second kappa shape index (κ2) is 7.04. The van der Waals surface area contributed by atoms with Crippen molar-refractivity contribution in [2.75, 3.05) is 0 Å². The molecule has 0 fully saturated rings. The molecule has 24 heavy (non-hydrogen) atoms. The summed E-state index contributed by atoms with van der Waals surface area (Å²) in [7, 11) is 0. The van der Waals surface area contributed by atoms with Gasteiger partial charge in [-0.1, -0.05) is 24.3 Å². The van der Waals surface area contributed by atoms with Crippen molar-refractivity contribution in [1.29, 1.82) is 0 Å². The molecule has 0 spiro atoms. The smallest absolute Gasteiger partial charge is 0.251 e. The van der Waals surface area contributed by atoms with Crippen LogP contribution in [-0.2, 0) is 0 Å². The van der Waals surface area contributed by atoms with E-state index in [-0.39, 0.29) is 17.8 Å². The van der Waals surface area contributed by atoms with Gasteiger partial charge in [-0.25, -0.2) is 4.39 Å². The standard InChI is InChI=1S/C20H17FN2O/c1-14(15-6-8-19(21)9-7-15)23-20(24)18-4-2-16(3-5-18)17-10-12-22-13-11-17/h2-14H,1H3,(H,23,24)/t14-/m1/s1. The summed E-state index contributed by atoms with van der Waals surface area (Å²) in [5.41, 5.74) is 3.53. The van der Waals surface area contributed by atoms with Crippen molar-refractivity contribution < 1.29 is 9.18 Å². The maximum absolute atomic E-state index is 13.0. The number of halogens is 1. The Bertz CT molecular complexity index is 815. The van der Waals surface area contributed by atoms with E-state index in [4.69, 9.17) is 0 Å². The van der Waals surface area contributed by atoms with Gasteiger partial charge in [-0.15, -0.1) is 0 Å². The molecule has 0 unspecified atom stereocenters. The van der Waals surface area contributed by atoms with Crippen molar-refractivity contribution in [1.82, 2.24) is 10.3 Å². The molecular formula is C20H17FN2O. The van der Waals surface area contributed by atoms with E-state index in [1.807, 2.05) is 31.2 Å². The molecule has 1 amide bonds. The zero-order valence-electron chi connectivity index (χ0n) is 13.2. The Hall–Kier alpha value is -3.01. The van der Waals surface area contributed by atoms with E-state index in [2.05, 4.69) is 10.3 Å². The lowest BCUT2D eigenvalue weighted by Gasteiger charge is -2.14. The van der Waals surface area contributed by atoms with Crippen LogP contribution in [0, 0.1) is 5.82 Å². The third-order valence-electron chi connectivity index (χ3n) is 3.88. The minimum absolute atomic E-state index is 0.159. The molecule has 1 atom stereocenters. The van der Waals surface area contributed by atoms with Crippen LogP contribution in [0.25, 0.3) is 11.1 Å². The van der Waals surface area contributed by atoms with Crippen molar-refractivity contribution >= 4 is 5.91 Å². The number of benzene rings is 2. The number of amides is 1. The lowest BCUT2D eigenvalue weighted by atomic mass is 10.0. The summed E-state index contributed by atoms with van der Waals surface area (Å²) < 4.78 is 13.0. The van der Waals surface area contributed by atoms with Gasteiger partial charge in [0.2, 0.25) is 0 Å². The molecule has 0 saturated heterocycles. The van der Waals surface area contributed by atoms with Gasteiger partial charge in [0, 0.05) is 18.0 Å². The number of carbonyl (C=O) groups excluding carboxylic acids is 1. The molecule has 0 radical (unpaired) electrons. The first-order chi connectivity index (χ1) is 11.6. The van der Waals surface area contributed by atoms with Crippen molar-refractivity contribution in [3.8, 4) is 11.1 Å². The Morgan fingerprint density at radius 3 is 2.12 bits per heavy atom. The van der Waals surface area contributed by atoms with Crippen LogP contribution in [0.1, 0.15) is 28.9 Å². The molecule has 1 heterocycles. The van der Waals surface area contributed by atoms with E-state index in [1.165, 1.54) is 12.1 Å². The molecule has 2 aromatic carbocycles. The van der Waals surface area contributed by atoms with Gasteiger partial charge < -0.3 is 5.32 Å². The molecule has 0 aliphatic rings. The third kappa shape index (κ3) is 3.66. The van der Waals surface area contributed by atoms with E-state index < -0.39 is 0 Å². The average Bonchev–Trinajstić information content (AvgIpc) is 2.63. The van der Waals surface area contributed by atoms with Gasteiger partial charge in [0.25, 0.3) is 5.91 Å². The zero-order chi connectivity index (χ0) is 16.9. The number of nitrogens with one attached hydrogen (secondary N) is 1. The molecule has 0 bridgehead atoms. The van der Waals surface area contributed by atoms with Gasteiger partial charge in [0.15, 0.2) is 0 Å². The zero-order valence-corrected chi connectivity index (χ0v) is 13.2. The van der Waals surface area contributed by atoms with Crippen LogP contribution in [0.15, 0.2) is 73.1 Å². The highest BCUT2D eigenvalue weighted by Gasteiger charge is 2.11. The van der Waals surface area contributed by atoms with E-state index in [9.17, 15) is 9.18 Å². The summed E-state index contributed by atoms with van der Waals surface area (Å²) in [6, 6.07) is 17.2. The fraction of sp³-hybridized carbons (Fsp3) is 0.100. The van der Waals surface area contributed by atoms with Crippen LogP contribution in [0.3, 0.4) is 0 Å². The summed E-state index contributed by atoms with van der Waals surface area (Å²) >= 11 is 0. The molecule has 3 aromatic rings. The molecule has 120 valence electrons. The van der Waals surface area contributed by atoms with Crippen LogP contribution in [0.2, 0.25) is 0 Å². The Morgan fingerprint density at radius 2 is 1.50 bits per heavy atom. The quantitative estimate of drug-likeness (QED) is 0.775. The second-order valence-corrected chi connectivity index (χ2v) is 5.56. The minimum Gasteiger partial charge on any atom is -0.346 e. The van der Waals surface area contributed by atoms with Crippen LogP contribution < -0.4 is 5.32 Å². The monoisotopic (exact) mass is 320 g/mol. The van der Waals surface area contributed by atoms with E-state index in [0.29, 0.717) is 5.56 Å². The first kappa shape index (κ1) is 15.9. The lowest BCUT2D eigenvalue weighted by Crippen LogP contribution is -2.26.